The molecule has 0 bridgehead atoms. The number of carbonyl (C=O) groups excluding carboxylic acids is 1. The summed E-state index contributed by atoms with van der Waals surface area (Å²) in [6.45, 7) is 2.98. The zero-order chi connectivity index (χ0) is 13.5. The average molecular weight is 276 g/mol. The Labute approximate surface area is 116 Å². The van der Waals surface area contributed by atoms with E-state index < -0.39 is 0 Å². The maximum absolute atomic E-state index is 11.0. The number of para-hydroxylation sites is 1. The van der Waals surface area contributed by atoms with Crippen LogP contribution in [0.1, 0.15) is 22.8 Å². The van der Waals surface area contributed by atoms with Crippen LogP contribution in [0.5, 0.6) is 11.5 Å². The third kappa shape index (κ3) is 3.58. The summed E-state index contributed by atoms with van der Waals surface area (Å²) in [7, 11) is 0. The number of hydrogen-bond acceptors (Lipinski definition) is 4. The Hall–Kier alpha value is -1.81. The van der Waals surface area contributed by atoms with E-state index in [0.717, 1.165) is 12.7 Å². The number of aldehydes is 1. The Bertz CT molecular complexity index is 520. The van der Waals surface area contributed by atoms with E-state index in [-0.39, 0.29) is 0 Å². The lowest BCUT2D eigenvalue weighted by Gasteiger charge is -2.13. The molecule has 19 heavy (non-hydrogen) atoms. The minimum atomic E-state index is 0.524. The third-order valence-electron chi connectivity index (χ3n) is 2.65. The zero-order valence-corrected chi connectivity index (χ0v) is 11.6. The molecule has 0 aliphatic rings. The van der Waals surface area contributed by atoms with Crippen molar-refractivity contribution in [1.82, 2.24) is 0 Å². The molecule has 0 aliphatic carbocycles. The summed E-state index contributed by atoms with van der Waals surface area (Å²) in [5, 5.41) is 4.14. The molecule has 1 aromatic heterocycles. The minimum absolute atomic E-state index is 0.524. The maximum atomic E-state index is 11.0. The first-order valence-corrected chi connectivity index (χ1v) is 7.14. The molecular formula is C15H16O3S. The van der Waals surface area contributed by atoms with Crippen molar-refractivity contribution in [2.45, 2.75) is 13.3 Å². The molecule has 4 heteroatoms. The van der Waals surface area contributed by atoms with Crippen molar-refractivity contribution >= 4 is 17.6 Å². The van der Waals surface area contributed by atoms with Gasteiger partial charge in [0.1, 0.15) is 0 Å². The van der Waals surface area contributed by atoms with E-state index >= 15 is 0 Å². The van der Waals surface area contributed by atoms with E-state index in [1.165, 1.54) is 5.56 Å². The Morgan fingerprint density at radius 2 is 2.16 bits per heavy atom. The van der Waals surface area contributed by atoms with Gasteiger partial charge in [0.15, 0.2) is 17.8 Å². The van der Waals surface area contributed by atoms with Gasteiger partial charge in [-0.15, -0.1) is 0 Å². The summed E-state index contributed by atoms with van der Waals surface area (Å²) >= 11 is 1.67. The Balaban J connectivity index is 2.06. The van der Waals surface area contributed by atoms with Gasteiger partial charge in [-0.05, 0) is 41.4 Å². The molecule has 0 aliphatic heterocycles. The Morgan fingerprint density at radius 3 is 2.84 bits per heavy atom. The fourth-order valence-electron chi connectivity index (χ4n) is 1.76. The van der Waals surface area contributed by atoms with E-state index in [1.807, 2.05) is 18.4 Å². The zero-order valence-electron chi connectivity index (χ0n) is 10.8. The highest BCUT2D eigenvalue weighted by molar-refractivity contribution is 7.07. The number of hydrogen-bond donors (Lipinski definition) is 0. The summed E-state index contributed by atoms with van der Waals surface area (Å²) in [5.74, 6) is 1.16. The molecule has 1 aromatic carbocycles. The molecule has 2 rings (SSSR count). The van der Waals surface area contributed by atoms with Gasteiger partial charge >= 0.3 is 0 Å². The van der Waals surface area contributed by atoms with Crippen molar-refractivity contribution < 1.29 is 14.3 Å². The lowest BCUT2D eigenvalue weighted by molar-refractivity contribution is 0.111. The largest absolute Gasteiger partial charge is 0.490 e. The summed E-state index contributed by atoms with van der Waals surface area (Å²) in [6, 6.07) is 7.41. The van der Waals surface area contributed by atoms with Crippen molar-refractivity contribution in [3.8, 4) is 11.5 Å². The van der Waals surface area contributed by atoms with Gasteiger partial charge < -0.3 is 9.47 Å². The molecule has 0 spiro atoms. The van der Waals surface area contributed by atoms with Gasteiger partial charge in [0.05, 0.1) is 18.8 Å². The summed E-state index contributed by atoms with van der Waals surface area (Å²) < 4.78 is 11.2. The van der Waals surface area contributed by atoms with Gasteiger partial charge in [-0.25, -0.2) is 0 Å². The predicted octanol–water partition coefficient (Wildman–Crippen LogP) is 3.58. The second kappa shape index (κ2) is 6.95. The Morgan fingerprint density at radius 1 is 1.26 bits per heavy atom. The van der Waals surface area contributed by atoms with E-state index in [1.54, 1.807) is 23.5 Å². The normalized spacial score (nSPS) is 10.2. The number of benzene rings is 1. The lowest BCUT2D eigenvalue weighted by atomic mass is 10.2. The van der Waals surface area contributed by atoms with E-state index in [2.05, 4.69) is 11.4 Å². The highest BCUT2D eigenvalue weighted by atomic mass is 32.1. The summed E-state index contributed by atoms with van der Waals surface area (Å²) in [4.78, 5) is 11.0. The molecule has 3 nitrogen and oxygen atoms in total. The molecule has 0 amide bonds. The van der Waals surface area contributed by atoms with E-state index in [0.29, 0.717) is 30.3 Å². The van der Waals surface area contributed by atoms with Crippen LogP contribution in [0.3, 0.4) is 0 Å². The fourth-order valence-corrected chi connectivity index (χ4v) is 2.46. The van der Waals surface area contributed by atoms with Crippen LogP contribution in [0.4, 0.5) is 0 Å². The van der Waals surface area contributed by atoms with Crippen molar-refractivity contribution in [3.05, 3.63) is 46.2 Å². The predicted molar refractivity (Wildman–Crippen MR) is 76.5 cm³/mol. The second-order valence-corrected chi connectivity index (χ2v) is 4.74. The van der Waals surface area contributed by atoms with Crippen LogP contribution in [0.2, 0.25) is 0 Å². The first kappa shape index (κ1) is 13.6. The highest BCUT2D eigenvalue weighted by Gasteiger charge is 2.10. The monoisotopic (exact) mass is 276 g/mol. The standard InChI is InChI=1S/C15H16O3S/c1-2-17-14-5-3-4-13(10-16)15(14)18-8-6-12-7-9-19-11-12/h3-5,7,9-11H,2,6,8H2,1H3. The number of thiophene rings is 1. The molecule has 0 fully saturated rings. The fraction of sp³-hybridized carbons (Fsp3) is 0.267. The first-order valence-electron chi connectivity index (χ1n) is 6.20. The average Bonchev–Trinajstić information content (AvgIpc) is 2.93. The van der Waals surface area contributed by atoms with Crippen LogP contribution in [0.15, 0.2) is 35.0 Å². The molecule has 1 heterocycles. The molecule has 0 saturated carbocycles. The molecule has 0 atom stereocenters. The molecule has 0 unspecified atom stereocenters. The number of carbonyl (C=O) groups is 1. The third-order valence-corrected chi connectivity index (χ3v) is 3.39. The molecule has 0 radical (unpaired) electrons. The van der Waals surface area contributed by atoms with Crippen molar-refractivity contribution in [1.29, 1.82) is 0 Å². The van der Waals surface area contributed by atoms with Gasteiger partial charge in [0.25, 0.3) is 0 Å². The Kier molecular flexibility index (Phi) is 4.98. The van der Waals surface area contributed by atoms with Gasteiger partial charge in [0.2, 0.25) is 0 Å². The van der Waals surface area contributed by atoms with Crippen LogP contribution in [0.25, 0.3) is 0 Å². The number of rotatable bonds is 7. The van der Waals surface area contributed by atoms with Crippen LogP contribution >= 0.6 is 11.3 Å². The van der Waals surface area contributed by atoms with E-state index in [4.69, 9.17) is 9.47 Å². The van der Waals surface area contributed by atoms with Gasteiger partial charge in [-0.2, -0.15) is 11.3 Å². The lowest BCUT2D eigenvalue weighted by Crippen LogP contribution is -2.05. The maximum Gasteiger partial charge on any atom is 0.171 e. The van der Waals surface area contributed by atoms with Crippen LogP contribution < -0.4 is 9.47 Å². The van der Waals surface area contributed by atoms with Crippen molar-refractivity contribution in [3.63, 3.8) is 0 Å². The highest BCUT2D eigenvalue weighted by Crippen LogP contribution is 2.30. The molecule has 0 N–H and O–H groups in total. The minimum Gasteiger partial charge on any atom is -0.490 e. The topological polar surface area (TPSA) is 35.5 Å². The quantitative estimate of drug-likeness (QED) is 0.725. The van der Waals surface area contributed by atoms with E-state index in [9.17, 15) is 4.79 Å². The van der Waals surface area contributed by atoms with Crippen LogP contribution in [0, 0.1) is 0 Å². The van der Waals surface area contributed by atoms with Crippen LogP contribution in [-0.4, -0.2) is 19.5 Å². The van der Waals surface area contributed by atoms with Crippen molar-refractivity contribution in [2.75, 3.05) is 13.2 Å². The summed E-state index contributed by atoms with van der Waals surface area (Å²) in [5.41, 5.74) is 1.77. The molecule has 100 valence electrons. The molecule has 0 saturated heterocycles. The first-order chi connectivity index (χ1) is 9.35. The number of ether oxygens (including phenoxy) is 2. The summed E-state index contributed by atoms with van der Waals surface area (Å²) in [6.07, 6.45) is 1.62. The van der Waals surface area contributed by atoms with Crippen molar-refractivity contribution in [2.24, 2.45) is 0 Å². The second-order valence-electron chi connectivity index (χ2n) is 3.96. The van der Waals surface area contributed by atoms with Gasteiger partial charge in [-0.3, -0.25) is 4.79 Å². The molecular weight excluding hydrogens is 260 g/mol. The van der Waals surface area contributed by atoms with Gasteiger partial charge in [0, 0.05) is 6.42 Å². The molecule has 2 aromatic rings. The SMILES string of the molecule is CCOc1cccc(C=O)c1OCCc1ccsc1. The smallest absolute Gasteiger partial charge is 0.171 e. The van der Waals surface area contributed by atoms with Crippen LogP contribution in [-0.2, 0) is 6.42 Å². The van der Waals surface area contributed by atoms with Gasteiger partial charge in [-0.1, -0.05) is 6.07 Å².